The second kappa shape index (κ2) is 5.59. The topological polar surface area (TPSA) is 89.6 Å². The predicted molar refractivity (Wildman–Crippen MR) is 73.5 cm³/mol. The average molecular weight is 282 g/mol. The van der Waals surface area contributed by atoms with Gasteiger partial charge in [-0.15, -0.1) is 5.10 Å². The molecule has 0 aromatic carbocycles. The van der Waals surface area contributed by atoms with E-state index in [9.17, 15) is 0 Å². The van der Waals surface area contributed by atoms with Gasteiger partial charge in [-0.2, -0.15) is 0 Å². The molecule has 8 heteroatoms. The first kappa shape index (κ1) is 13.2. The molecule has 96 valence electrons. The summed E-state index contributed by atoms with van der Waals surface area (Å²) in [6.45, 7) is 6.01. The highest BCUT2D eigenvalue weighted by Crippen LogP contribution is 2.25. The van der Waals surface area contributed by atoms with Crippen molar-refractivity contribution in [3.8, 4) is 0 Å². The molecule has 2 rings (SSSR count). The third-order valence-electron chi connectivity index (χ3n) is 2.64. The molecule has 0 radical (unpaired) electrons. The van der Waals surface area contributed by atoms with Gasteiger partial charge in [0.25, 0.3) is 0 Å². The largest absolute Gasteiger partial charge is 0.313 e. The Labute approximate surface area is 114 Å². The van der Waals surface area contributed by atoms with Crippen molar-refractivity contribution in [2.75, 3.05) is 5.43 Å². The Bertz CT molecular complexity index is 530. The van der Waals surface area contributed by atoms with E-state index in [1.54, 1.807) is 0 Å². The first-order chi connectivity index (χ1) is 8.61. The molecular formula is C10H14N6S2. The maximum Gasteiger partial charge on any atom is 0.188 e. The van der Waals surface area contributed by atoms with Gasteiger partial charge in [0.2, 0.25) is 0 Å². The van der Waals surface area contributed by atoms with Gasteiger partial charge in [0, 0.05) is 28.7 Å². The van der Waals surface area contributed by atoms with Crippen LogP contribution in [0.15, 0.2) is 5.16 Å². The molecule has 0 bridgehead atoms. The van der Waals surface area contributed by atoms with Crippen LogP contribution in [0.3, 0.4) is 0 Å². The molecule has 2 aromatic rings. The Morgan fingerprint density at radius 3 is 2.50 bits per heavy atom. The Morgan fingerprint density at radius 1 is 1.22 bits per heavy atom. The molecule has 0 aliphatic heterocycles. The summed E-state index contributed by atoms with van der Waals surface area (Å²) in [7, 11) is 0. The van der Waals surface area contributed by atoms with Gasteiger partial charge < -0.3 is 5.43 Å². The molecule has 0 unspecified atom stereocenters. The zero-order chi connectivity index (χ0) is 13.1. The quantitative estimate of drug-likeness (QED) is 0.382. The van der Waals surface area contributed by atoms with Crippen LogP contribution in [0.5, 0.6) is 0 Å². The molecule has 0 saturated carbocycles. The molecule has 0 saturated heterocycles. The molecule has 3 N–H and O–H groups in total. The van der Waals surface area contributed by atoms with Crippen LogP contribution >= 0.6 is 23.3 Å². The number of hydrogen-bond acceptors (Lipinski definition) is 8. The molecule has 18 heavy (non-hydrogen) atoms. The summed E-state index contributed by atoms with van der Waals surface area (Å²) < 4.78 is 3.85. The van der Waals surface area contributed by atoms with Crippen molar-refractivity contribution < 1.29 is 0 Å². The summed E-state index contributed by atoms with van der Waals surface area (Å²) in [6, 6.07) is 0. The van der Waals surface area contributed by atoms with Crippen LogP contribution in [0, 0.1) is 20.8 Å². The van der Waals surface area contributed by atoms with E-state index in [0.29, 0.717) is 5.75 Å². The Morgan fingerprint density at radius 2 is 1.89 bits per heavy atom. The van der Waals surface area contributed by atoms with Gasteiger partial charge in [0.1, 0.15) is 10.7 Å². The van der Waals surface area contributed by atoms with E-state index < -0.39 is 0 Å². The second-order valence-corrected chi connectivity index (χ2v) is 5.48. The minimum Gasteiger partial charge on any atom is -0.313 e. The van der Waals surface area contributed by atoms with Crippen molar-refractivity contribution >= 4 is 28.3 Å². The molecule has 0 fully saturated rings. The Kier molecular flexibility index (Phi) is 4.10. The lowest BCUT2D eigenvalue weighted by molar-refractivity contribution is 0.879. The summed E-state index contributed by atoms with van der Waals surface area (Å²) in [5.41, 5.74) is 6.57. The standard InChI is InChI=1S/C10H14N6S2/c1-5-6(2)12-10(13-7(5)3)17-4-8-9(14-11)18-16-15-8/h14H,4,11H2,1-3H3. The van der Waals surface area contributed by atoms with Gasteiger partial charge in [-0.05, 0) is 26.3 Å². The smallest absolute Gasteiger partial charge is 0.188 e. The summed E-state index contributed by atoms with van der Waals surface area (Å²) in [4.78, 5) is 8.89. The number of hydrogen-bond donors (Lipinski definition) is 2. The fraction of sp³-hybridized carbons (Fsp3) is 0.400. The number of nitrogens with one attached hydrogen (secondary N) is 1. The van der Waals surface area contributed by atoms with Gasteiger partial charge >= 0.3 is 0 Å². The third-order valence-corrected chi connectivity index (χ3v) is 4.19. The number of nitrogen functional groups attached to an aromatic ring is 1. The zero-order valence-corrected chi connectivity index (χ0v) is 12.0. The van der Waals surface area contributed by atoms with Crippen molar-refractivity contribution in [3.05, 3.63) is 22.6 Å². The Balaban J connectivity index is 2.11. The number of thioether (sulfide) groups is 1. The highest BCUT2D eigenvalue weighted by Gasteiger charge is 2.10. The van der Waals surface area contributed by atoms with Crippen molar-refractivity contribution in [1.82, 2.24) is 19.6 Å². The van der Waals surface area contributed by atoms with E-state index in [-0.39, 0.29) is 0 Å². The van der Waals surface area contributed by atoms with Crippen molar-refractivity contribution in [2.45, 2.75) is 31.7 Å². The lowest BCUT2D eigenvalue weighted by Crippen LogP contribution is -2.07. The SMILES string of the molecule is Cc1nc(SCc2nnsc2NN)nc(C)c1C. The molecule has 2 aromatic heterocycles. The molecule has 0 spiro atoms. The normalized spacial score (nSPS) is 10.7. The van der Waals surface area contributed by atoms with Crippen LogP contribution in [-0.4, -0.2) is 19.6 Å². The van der Waals surface area contributed by atoms with Gasteiger partial charge in [-0.3, -0.25) is 0 Å². The van der Waals surface area contributed by atoms with Crippen molar-refractivity contribution in [3.63, 3.8) is 0 Å². The van der Waals surface area contributed by atoms with Gasteiger partial charge in [-0.25, -0.2) is 15.8 Å². The molecule has 0 amide bonds. The minimum absolute atomic E-state index is 0.651. The number of nitrogens with two attached hydrogens (primary N) is 1. The number of aryl methyl sites for hydroxylation is 2. The van der Waals surface area contributed by atoms with E-state index in [1.807, 2.05) is 20.8 Å². The average Bonchev–Trinajstić information content (AvgIpc) is 2.80. The number of hydrazine groups is 1. The van der Waals surface area contributed by atoms with E-state index in [1.165, 1.54) is 23.3 Å². The van der Waals surface area contributed by atoms with Gasteiger partial charge in [-0.1, -0.05) is 16.3 Å². The fourth-order valence-corrected chi connectivity index (χ4v) is 2.81. The summed E-state index contributed by atoms with van der Waals surface area (Å²) in [5, 5.41) is 5.55. The first-order valence-corrected chi connectivity index (χ1v) is 7.10. The maximum atomic E-state index is 5.37. The van der Waals surface area contributed by atoms with E-state index in [4.69, 9.17) is 5.84 Å². The molecule has 0 aliphatic carbocycles. The molecule has 6 nitrogen and oxygen atoms in total. The van der Waals surface area contributed by atoms with Crippen LogP contribution in [0.1, 0.15) is 22.6 Å². The van der Waals surface area contributed by atoms with E-state index >= 15 is 0 Å². The monoisotopic (exact) mass is 282 g/mol. The van der Waals surface area contributed by atoms with Crippen LogP contribution in [0.25, 0.3) is 0 Å². The number of aromatic nitrogens is 4. The van der Waals surface area contributed by atoms with Crippen LogP contribution in [-0.2, 0) is 5.75 Å². The number of nitrogens with zero attached hydrogens (tertiary/aromatic N) is 4. The van der Waals surface area contributed by atoms with E-state index in [0.717, 1.165) is 32.8 Å². The van der Waals surface area contributed by atoms with Gasteiger partial charge in [0.05, 0.1) is 0 Å². The molecule has 2 heterocycles. The third kappa shape index (κ3) is 2.77. The number of anilines is 1. The molecule has 0 atom stereocenters. The predicted octanol–water partition coefficient (Wildman–Crippen LogP) is 1.83. The maximum absolute atomic E-state index is 5.37. The minimum atomic E-state index is 0.651. The summed E-state index contributed by atoms with van der Waals surface area (Å²) in [6.07, 6.45) is 0. The molecule has 0 aliphatic rings. The van der Waals surface area contributed by atoms with Crippen LogP contribution < -0.4 is 11.3 Å². The lowest BCUT2D eigenvalue weighted by atomic mass is 10.2. The Hall–Kier alpha value is -1.25. The van der Waals surface area contributed by atoms with Crippen molar-refractivity contribution in [2.24, 2.45) is 5.84 Å². The number of rotatable bonds is 4. The summed E-state index contributed by atoms with van der Waals surface area (Å²) in [5.74, 6) is 6.02. The first-order valence-electron chi connectivity index (χ1n) is 5.34. The van der Waals surface area contributed by atoms with Crippen LogP contribution in [0.2, 0.25) is 0 Å². The summed E-state index contributed by atoms with van der Waals surface area (Å²) >= 11 is 2.77. The zero-order valence-electron chi connectivity index (χ0n) is 10.4. The lowest BCUT2D eigenvalue weighted by Gasteiger charge is -2.06. The van der Waals surface area contributed by atoms with Crippen LogP contribution in [0.4, 0.5) is 5.00 Å². The molecular weight excluding hydrogens is 268 g/mol. The van der Waals surface area contributed by atoms with Gasteiger partial charge in [0.15, 0.2) is 5.16 Å². The highest BCUT2D eigenvalue weighted by atomic mass is 32.2. The second-order valence-electron chi connectivity index (χ2n) is 3.78. The highest BCUT2D eigenvalue weighted by molar-refractivity contribution is 7.98. The van der Waals surface area contributed by atoms with E-state index in [2.05, 4.69) is 25.0 Å². The fourth-order valence-electron chi connectivity index (χ4n) is 1.35. The van der Waals surface area contributed by atoms with Crippen molar-refractivity contribution in [1.29, 1.82) is 0 Å².